The van der Waals surface area contributed by atoms with Crippen LogP contribution in [0.25, 0.3) is 10.9 Å². The van der Waals surface area contributed by atoms with Crippen molar-refractivity contribution in [3.05, 3.63) is 59.2 Å². The number of nitrogens with zero attached hydrogens (tertiary/aromatic N) is 1. The van der Waals surface area contributed by atoms with Crippen molar-refractivity contribution in [2.45, 2.75) is 6.42 Å². The lowest BCUT2D eigenvalue weighted by atomic mass is 10.1. The molecule has 0 saturated heterocycles. The van der Waals surface area contributed by atoms with Gasteiger partial charge in [-0.15, -0.1) is 0 Å². The highest BCUT2D eigenvalue weighted by molar-refractivity contribution is 6.31. The number of hydrogen-bond acceptors (Lipinski definition) is 4. The molecule has 0 saturated carbocycles. The van der Waals surface area contributed by atoms with Crippen LogP contribution in [0.4, 0.5) is 5.69 Å². The third kappa shape index (κ3) is 3.54. The first kappa shape index (κ1) is 16.4. The number of methoxy groups -OCH3 is 2. The van der Waals surface area contributed by atoms with Crippen molar-refractivity contribution >= 4 is 28.2 Å². The molecule has 0 fully saturated rings. The maximum atomic E-state index is 6.10. The summed E-state index contributed by atoms with van der Waals surface area (Å²) in [7, 11) is 3.28. The minimum Gasteiger partial charge on any atom is -0.493 e. The Kier molecular flexibility index (Phi) is 5.06. The van der Waals surface area contributed by atoms with E-state index >= 15 is 0 Å². The monoisotopic (exact) mass is 342 g/mol. The van der Waals surface area contributed by atoms with Crippen LogP contribution in [-0.2, 0) is 6.42 Å². The average molecular weight is 343 g/mol. The molecular formula is C19H19ClN2O2. The third-order valence-electron chi connectivity index (χ3n) is 3.88. The van der Waals surface area contributed by atoms with Crippen molar-refractivity contribution in [1.82, 2.24) is 4.98 Å². The molecular weight excluding hydrogens is 324 g/mol. The molecule has 124 valence electrons. The molecule has 3 rings (SSSR count). The summed E-state index contributed by atoms with van der Waals surface area (Å²) in [6, 6.07) is 13.7. The minimum atomic E-state index is 0.707. The van der Waals surface area contributed by atoms with Crippen LogP contribution in [-0.4, -0.2) is 25.7 Å². The summed E-state index contributed by atoms with van der Waals surface area (Å²) in [6.07, 6.45) is 2.67. The number of halogens is 1. The predicted octanol–water partition coefficient (Wildman–Crippen LogP) is 4.56. The normalized spacial score (nSPS) is 10.6. The van der Waals surface area contributed by atoms with Crippen molar-refractivity contribution < 1.29 is 9.47 Å². The molecule has 0 aliphatic heterocycles. The first-order valence-electron chi connectivity index (χ1n) is 7.70. The van der Waals surface area contributed by atoms with E-state index in [1.54, 1.807) is 20.4 Å². The van der Waals surface area contributed by atoms with Gasteiger partial charge in [-0.25, -0.2) is 0 Å². The highest BCUT2D eigenvalue weighted by Crippen LogP contribution is 2.28. The number of nitrogens with one attached hydrogen (secondary N) is 1. The van der Waals surface area contributed by atoms with E-state index in [2.05, 4.69) is 10.3 Å². The van der Waals surface area contributed by atoms with Crippen LogP contribution in [0.3, 0.4) is 0 Å². The summed E-state index contributed by atoms with van der Waals surface area (Å²) >= 11 is 6.10. The smallest absolute Gasteiger partial charge is 0.160 e. The third-order valence-corrected chi connectivity index (χ3v) is 4.12. The van der Waals surface area contributed by atoms with Gasteiger partial charge in [-0.05, 0) is 48.4 Å². The number of rotatable bonds is 6. The number of pyridine rings is 1. The fraction of sp³-hybridized carbons (Fsp3) is 0.211. The van der Waals surface area contributed by atoms with Crippen LogP contribution >= 0.6 is 11.6 Å². The summed E-state index contributed by atoms with van der Waals surface area (Å²) in [4.78, 5) is 4.36. The second-order valence-corrected chi connectivity index (χ2v) is 5.82. The lowest BCUT2D eigenvalue weighted by molar-refractivity contribution is 0.354. The van der Waals surface area contributed by atoms with Crippen molar-refractivity contribution in [3.8, 4) is 11.5 Å². The number of hydrogen-bond donors (Lipinski definition) is 1. The molecule has 0 aliphatic rings. The van der Waals surface area contributed by atoms with Gasteiger partial charge in [-0.2, -0.15) is 0 Å². The van der Waals surface area contributed by atoms with Crippen molar-refractivity contribution in [1.29, 1.82) is 0 Å². The van der Waals surface area contributed by atoms with Gasteiger partial charge in [0.1, 0.15) is 0 Å². The maximum absolute atomic E-state index is 6.10. The minimum absolute atomic E-state index is 0.707. The topological polar surface area (TPSA) is 43.4 Å². The summed E-state index contributed by atoms with van der Waals surface area (Å²) in [5.41, 5.74) is 3.13. The van der Waals surface area contributed by atoms with E-state index in [0.717, 1.165) is 41.1 Å². The van der Waals surface area contributed by atoms with Gasteiger partial charge in [0, 0.05) is 28.8 Å². The molecule has 5 heteroatoms. The number of fused-ring (bicyclic) bond motifs is 1. The van der Waals surface area contributed by atoms with E-state index < -0.39 is 0 Å². The van der Waals surface area contributed by atoms with Crippen LogP contribution in [0.2, 0.25) is 5.02 Å². The van der Waals surface area contributed by atoms with Gasteiger partial charge >= 0.3 is 0 Å². The van der Waals surface area contributed by atoms with Crippen molar-refractivity contribution in [3.63, 3.8) is 0 Å². The maximum Gasteiger partial charge on any atom is 0.160 e. The Morgan fingerprint density at radius 1 is 1.00 bits per heavy atom. The van der Waals surface area contributed by atoms with E-state index in [1.165, 1.54) is 5.56 Å². The molecule has 2 aromatic carbocycles. The quantitative estimate of drug-likeness (QED) is 0.713. The Balaban J connectivity index is 1.72. The summed E-state index contributed by atoms with van der Waals surface area (Å²) < 4.78 is 10.6. The summed E-state index contributed by atoms with van der Waals surface area (Å²) in [5, 5.41) is 5.19. The molecule has 0 aliphatic carbocycles. The molecule has 4 nitrogen and oxygen atoms in total. The highest BCUT2D eigenvalue weighted by atomic mass is 35.5. The second-order valence-electron chi connectivity index (χ2n) is 5.39. The van der Waals surface area contributed by atoms with Gasteiger partial charge in [0.05, 0.1) is 19.7 Å². The molecule has 3 aromatic rings. The van der Waals surface area contributed by atoms with Gasteiger partial charge < -0.3 is 14.8 Å². The van der Waals surface area contributed by atoms with Crippen LogP contribution < -0.4 is 14.8 Å². The van der Waals surface area contributed by atoms with E-state index in [1.807, 2.05) is 42.5 Å². The number of aromatic nitrogens is 1. The Hall–Kier alpha value is -2.46. The Bertz CT molecular complexity index is 852. The molecule has 24 heavy (non-hydrogen) atoms. The average Bonchev–Trinajstić information content (AvgIpc) is 2.62. The molecule has 1 aromatic heterocycles. The number of anilines is 1. The van der Waals surface area contributed by atoms with Gasteiger partial charge in [-0.3, -0.25) is 4.98 Å². The molecule has 0 bridgehead atoms. The van der Waals surface area contributed by atoms with Gasteiger partial charge in [0.25, 0.3) is 0 Å². The number of benzene rings is 2. The zero-order valence-electron chi connectivity index (χ0n) is 13.7. The van der Waals surface area contributed by atoms with Gasteiger partial charge in [0.15, 0.2) is 11.5 Å². The molecule has 0 amide bonds. The Morgan fingerprint density at radius 2 is 1.83 bits per heavy atom. The van der Waals surface area contributed by atoms with E-state index in [9.17, 15) is 0 Å². The molecule has 0 atom stereocenters. The SMILES string of the molecule is COc1ccc(CCNc2ccnc3ccc(Cl)cc23)cc1OC. The van der Waals surface area contributed by atoms with Crippen molar-refractivity contribution in [2.75, 3.05) is 26.1 Å². The largest absolute Gasteiger partial charge is 0.493 e. The number of ether oxygens (including phenoxy) is 2. The summed E-state index contributed by atoms with van der Waals surface area (Å²) in [5.74, 6) is 1.49. The molecule has 1 N–H and O–H groups in total. The van der Waals surface area contributed by atoms with E-state index in [0.29, 0.717) is 5.02 Å². The lowest BCUT2D eigenvalue weighted by Gasteiger charge is -2.12. The fourth-order valence-corrected chi connectivity index (χ4v) is 2.82. The van der Waals surface area contributed by atoms with Gasteiger partial charge in [0.2, 0.25) is 0 Å². The first-order chi connectivity index (χ1) is 11.7. The van der Waals surface area contributed by atoms with Crippen LogP contribution in [0.5, 0.6) is 11.5 Å². The lowest BCUT2D eigenvalue weighted by Crippen LogP contribution is -2.06. The van der Waals surface area contributed by atoms with E-state index in [-0.39, 0.29) is 0 Å². The zero-order chi connectivity index (χ0) is 16.9. The van der Waals surface area contributed by atoms with Crippen LogP contribution in [0.1, 0.15) is 5.56 Å². The van der Waals surface area contributed by atoms with Crippen molar-refractivity contribution in [2.24, 2.45) is 0 Å². The predicted molar refractivity (Wildman–Crippen MR) is 98.5 cm³/mol. The van der Waals surface area contributed by atoms with Crippen LogP contribution in [0.15, 0.2) is 48.7 Å². The summed E-state index contributed by atoms with van der Waals surface area (Å²) in [6.45, 7) is 0.793. The first-order valence-corrected chi connectivity index (χ1v) is 8.08. The van der Waals surface area contributed by atoms with Crippen LogP contribution in [0, 0.1) is 0 Å². The van der Waals surface area contributed by atoms with E-state index in [4.69, 9.17) is 21.1 Å². The fourth-order valence-electron chi connectivity index (χ4n) is 2.65. The van der Waals surface area contributed by atoms with Gasteiger partial charge in [-0.1, -0.05) is 17.7 Å². The molecule has 0 spiro atoms. The zero-order valence-corrected chi connectivity index (χ0v) is 14.4. The second kappa shape index (κ2) is 7.41. The Labute approximate surface area is 146 Å². The molecule has 1 heterocycles. The molecule has 0 unspecified atom stereocenters. The highest BCUT2D eigenvalue weighted by Gasteiger charge is 2.06. The standard InChI is InChI=1S/C19H19ClN2O2/c1-23-18-6-3-13(11-19(18)24-2)7-9-21-17-8-10-22-16-5-4-14(20)12-15(16)17/h3-6,8,10-12H,7,9H2,1-2H3,(H,21,22). The Morgan fingerprint density at radius 3 is 2.62 bits per heavy atom. The molecule has 0 radical (unpaired) electrons.